The van der Waals surface area contributed by atoms with Crippen molar-refractivity contribution >= 4 is 22.5 Å². The van der Waals surface area contributed by atoms with Gasteiger partial charge in [-0.15, -0.1) is 10.2 Å². The molecule has 1 aromatic heterocycles. The van der Waals surface area contributed by atoms with Crippen molar-refractivity contribution in [1.29, 1.82) is 0 Å². The topological polar surface area (TPSA) is 58.6 Å². The highest BCUT2D eigenvalue weighted by Gasteiger charge is 2.22. The second-order valence-corrected chi connectivity index (χ2v) is 8.31. The van der Waals surface area contributed by atoms with Crippen molar-refractivity contribution in [2.24, 2.45) is 0 Å². The molecule has 1 aliphatic rings. The van der Waals surface area contributed by atoms with Crippen LogP contribution in [0.5, 0.6) is 5.75 Å². The molecule has 0 N–H and O–H groups in total. The molecular formula is C27H26N4O2. The molecule has 3 aromatic carbocycles. The molecule has 0 bridgehead atoms. The van der Waals surface area contributed by atoms with E-state index >= 15 is 0 Å². The van der Waals surface area contributed by atoms with E-state index in [0.29, 0.717) is 13.1 Å². The first-order valence-electron chi connectivity index (χ1n) is 11.2. The number of aryl methyl sites for hydroxylation is 1. The lowest BCUT2D eigenvalue weighted by atomic mass is 10.1. The maximum atomic E-state index is 12.5. The van der Waals surface area contributed by atoms with Crippen LogP contribution in [0.3, 0.4) is 0 Å². The van der Waals surface area contributed by atoms with Gasteiger partial charge in [0.25, 0.3) is 5.91 Å². The average Bonchev–Trinajstić information content (AvgIpc) is 2.87. The highest BCUT2D eigenvalue weighted by Crippen LogP contribution is 2.24. The molecule has 4 aromatic rings. The monoisotopic (exact) mass is 438 g/mol. The Morgan fingerprint density at radius 1 is 0.848 bits per heavy atom. The van der Waals surface area contributed by atoms with Gasteiger partial charge in [-0.05, 0) is 53.6 Å². The molecule has 0 unspecified atom stereocenters. The van der Waals surface area contributed by atoms with Crippen molar-refractivity contribution in [2.45, 2.75) is 6.92 Å². The summed E-state index contributed by atoms with van der Waals surface area (Å²) in [6.45, 7) is 4.80. The highest BCUT2D eigenvalue weighted by molar-refractivity contribution is 5.86. The van der Waals surface area contributed by atoms with Crippen molar-refractivity contribution in [3.05, 3.63) is 84.4 Å². The number of rotatable bonds is 5. The summed E-state index contributed by atoms with van der Waals surface area (Å²) < 4.78 is 5.67. The van der Waals surface area contributed by atoms with Crippen LogP contribution in [0.25, 0.3) is 22.0 Å². The van der Waals surface area contributed by atoms with Gasteiger partial charge in [0.05, 0.1) is 5.69 Å². The smallest absolute Gasteiger partial charge is 0.260 e. The van der Waals surface area contributed by atoms with Crippen molar-refractivity contribution in [3.8, 4) is 17.0 Å². The molecular weight excluding hydrogens is 412 g/mol. The van der Waals surface area contributed by atoms with Gasteiger partial charge in [0.15, 0.2) is 12.4 Å². The Bertz CT molecular complexity index is 1260. The van der Waals surface area contributed by atoms with Crippen molar-refractivity contribution in [3.63, 3.8) is 0 Å². The summed E-state index contributed by atoms with van der Waals surface area (Å²) >= 11 is 0. The Balaban J connectivity index is 1.17. The first-order chi connectivity index (χ1) is 16.2. The van der Waals surface area contributed by atoms with Gasteiger partial charge in [-0.25, -0.2) is 0 Å². The number of nitrogens with zero attached hydrogens (tertiary/aromatic N) is 4. The van der Waals surface area contributed by atoms with Crippen LogP contribution < -0.4 is 9.64 Å². The van der Waals surface area contributed by atoms with Gasteiger partial charge in [-0.3, -0.25) is 4.79 Å². The molecule has 5 rings (SSSR count). The van der Waals surface area contributed by atoms with Gasteiger partial charge in [0, 0.05) is 31.7 Å². The number of hydrogen-bond acceptors (Lipinski definition) is 5. The Morgan fingerprint density at radius 2 is 1.67 bits per heavy atom. The van der Waals surface area contributed by atoms with Crippen molar-refractivity contribution < 1.29 is 9.53 Å². The van der Waals surface area contributed by atoms with Gasteiger partial charge >= 0.3 is 0 Å². The maximum absolute atomic E-state index is 12.5. The number of carbonyl (C=O) groups excluding carboxylic acids is 1. The first kappa shape index (κ1) is 20.9. The summed E-state index contributed by atoms with van der Waals surface area (Å²) in [5.74, 6) is 1.57. The second kappa shape index (κ2) is 9.28. The molecule has 2 heterocycles. The molecule has 166 valence electrons. The fourth-order valence-electron chi connectivity index (χ4n) is 4.12. The molecule has 1 fully saturated rings. The minimum atomic E-state index is 0.00823. The van der Waals surface area contributed by atoms with E-state index in [1.54, 1.807) is 0 Å². The van der Waals surface area contributed by atoms with Crippen LogP contribution in [-0.2, 0) is 4.79 Å². The summed E-state index contributed by atoms with van der Waals surface area (Å²) in [6.07, 6.45) is 0. The van der Waals surface area contributed by atoms with E-state index in [1.807, 2.05) is 60.4 Å². The lowest BCUT2D eigenvalue weighted by Gasteiger charge is -2.35. The first-order valence-corrected chi connectivity index (χ1v) is 11.2. The number of hydrogen-bond donors (Lipinski definition) is 0. The number of aromatic nitrogens is 2. The van der Waals surface area contributed by atoms with E-state index in [2.05, 4.69) is 45.4 Å². The van der Waals surface area contributed by atoms with Gasteiger partial charge in [0.2, 0.25) is 0 Å². The van der Waals surface area contributed by atoms with E-state index in [-0.39, 0.29) is 12.5 Å². The van der Waals surface area contributed by atoms with Gasteiger partial charge < -0.3 is 14.5 Å². The van der Waals surface area contributed by atoms with Crippen LogP contribution in [0.1, 0.15) is 5.56 Å². The number of benzene rings is 3. The largest absolute Gasteiger partial charge is 0.484 e. The zero-order chi connectivity index (χ0) is 22.6. The van der Waals surface area contributed by atoms with E-state index in [1.165, 1.54) is 10.8 Å². The molecule has 0 atom stereocenters. The zero-order valence-electron chi connectivity index (χ0n) is 18.6. The Labute approximate surface area is 193 Å². The highest BCUT2D eigenvalue weighted by atomic mass is 16.5. The number of amides is 1. The van der Waals surface area contributed by atoms with Crippen LogP contribution in [0, 0.1) is 6.92 Å². The summed E-state index contributed by atoms with van der Waals surface area (Å²) in [7, 11) is 0. The molecule has 6 heteroatoms. The number of carbonyl (C=O) groups is 1. The van der Waals surface area contributed by atoms with E-state index in [4.69, 9.17) is 4.74 Å². The molecule has 0 saturated carbocycles. The van der Waals surface area contributed by atoms with Crippen LogP contribution in [0.4, 0.5) is 5.82 Å². The molecule has 33 heavy (non-hydrogen) atoms. The Morgan fingerprint density at radius 3 is 2.42 bits per heavy atom. The molecule has 6 nitrogen and oxygen atoms in total. The van der Waals surface area contributed by atoms with Crippen LogP contribution in [0.15, 0.2) is 78.9 Å². The third-order valence-electron chi connectivity index (χ3n) is 6.00. The molecule has 1 saturated heterocycles. The van der Waals surface area contributed by atoms with Gasteiger partial charge in [0.1, 0.15) is 5.75 Å². The molecule has 0 radical (unpaired) electrons. The number of ether oxygens (including phenoxy) is 1. The summed E-state index contributed by atoms with van der Waals surface area (Å²) in [5.41, 5.74) is 3.02. The van der Waals surface area contributed by atoms with Gasteiger partial charge in [-0.1, -0.05) is 48.5 Å². The summed E-state index contributed by atoms with van der Waals surface area (Å²) in [4.78, 5) is 16.6. The minimum absolute atomic E-state index is 0.00823. The molecule has 0 spiro atoms. The quantitative estimate of drug-likeness (QED) is 0.464. The molecule has 1 aliphatic heterocycles. The SMILES string of the molecule is Cc1cccc(OCC(=O)N2CCN(c3ccc(-c4ccc5ccccc5c4)nn3)CC2)c1. The van der Waals surface area contributed by atoms with Crippen molar-refractivity contribution in [1.82, 2.24) is 15.1 Å². The standard InChI is InChI=1S/C27H26N4O2/c1-20-5-4-8-24(17-20)33-19-27(32)31-15-13-30(14-16-31)26-12-11-25(28-29-26)23-10-9-21-6-2-3-7-22(21)18-23/h2-12,17-18H,13-16,19H2,1H3. The average molecular weight is 439 g/mol. The van der Waals surface area contributed by atoms with Crippen LogP contribution >= 0.6 is 0 Å². The number of piperazine rings is 1. The number of fused-ring (bicyclic) bond motifs is 1. The molecule has 1 amide bonds. The fourth-order valence-corrected chi connectivity index (χ4v) is 4.12. The summed E-state index contributed by atoms with van der Waals surface area (Å²) in [6, 6.07) is 26.4. The Kier molecular flexibility index (Phi) is 5.89. The predicted octanol–water partition coefficient (Wildman–Crippen LogP) is 4.33. The van der Waals surface area contributed by atoms with Crippen molar-refractivity contribution in [2.75, 3.05) is 37.7 Å². The second-order valence-electron chi connectivity index (χ2n) is 8.31. The zero-order valence-corrected chi connectivity index (χ0v) is 18.6. The lowest BCUT2D eigenvalue weighted by Crippen LogP contribution is -2.50. The third kappa shape index (κ3) is 4.80. The molecule has 0 aliphatic carbocycles. The minimum Gasteiger partial charge on any atom is -0.484 e. The van der Waals surface area contributed by atoms with E-state index in [9.17, 15) is 4.79 Å². The predicted molar refractivity (Wildman–Crippen MR) is 130 cm³/mol. The van der Waals surface area contributed by atoms with E-state index < -0.39 is 0 Å². The van der Waals surface area contributed by atoms with E-state index in [0.717, 1.165) is 41.5 Å². The normalized spacial score (nSPS) is 13.8. The number of anilines is 1. The van der Waals surface area contributed by atoms with Gasteiger partial charge in [-0.2, -0.15) is 0 Å². The van der Waals surface area contributed by atoms with Crippen LogP contribution in [0.2, 0.25) is 0 Å². The Hall–Kier alpha value is -3.93. The van der Waals surface area contributed by atoms with Crippen LogP contribution in [-0.4, -0.2) is 53.8 Å². The fraction of sp³-hybridized carbons (Fsp3) is 0.222. The lowest BCUT2D eigenvalue weighted by molar-refractivity contribution is -0.133. The third-order valence-corrected chi connectivity index (χ3v) is 6.00. The summed E-state index contributed by atoms with van der Waals surface area (Å²) in [5, 5.41) is 11.3. The maximum Gasteiger partial charge on any atom is 0.260 e.